The largest absolute Gasteiger partial charge is 0.478 e. The lowest BCUT2D eigenvalue weighted by atomic mass is 9.97. The SMILES string of the molecule is CC(C)C(C)C(=O)NCc1cc(C=CC(=O)O)cs1. The van der Waals surface area contributed by atoms with E-state index in [4.69, 9.17) is 5.11 Å². The number of carboxylic acid groups (broad SMARTS) is 1. The lowest BCUT2D eigenvalue weighted by molar-refractivity contribution is -0.131. The number of carbonyl (C=O) groups is 2. The van der Waals surface area contributed by atoms with Crippen molar-refractivity contribution in [1.82, 2.24) is 5.32 Å². The van der Waals surface area contributed by atoms with Crippen LogP contribution >= 0.6 is 11.3 Å². The fourth-order valence-corrected chi connectivity index (χ4v) is 2.18. The van der Waals surface area contributed by atoms with E-state index in [-0.39, 0.29) is 11.8 Å². The molecule has 1 rings (SSSR count). The van der Waals surface area contributed by atoms with Gasteiger partial charge in [0.25, 0.3) is 0 Å². The molecule has 1 unspecified atom stereocenters. The average molecular weight is 281 g/mol. The molecule has 1 atom stereocenters. The molecule has 1 aromatic heterocycles. The first kappa shape index (κ1) is 15.4. The maximum Gasteiger partial charge on any atom is 0.328 e. The van der Waals surface area contributed by atoms with Crippen molar-refractivity contribution < 1.29 is 14.7 Å². The van der Waals surface area contributed by atoms with E-state index in [1.165, 1.54) is 11.3 Å². The fraction of sp³-hybridized carbons (Fsp3) is 0.429. The molecule has 0 spiro atoms. The molecule has 1 amide bonds. The van der Waals surface area contributed by atoms with Crippen LogP contribution in [-0.2, 0) is 16.1 Å². The van der Waals surface area contributed by atoms with Crippen LogP contribution in [0.4, 0.5) is 0 Å². The molecule has 0 aliphatic heterocycles. The van der Waals surface area contributed by atoms with Gasteiger partial charge in [0.1, 0.15) is 0 Å². The summed E-state index contributed by atoms with van der Waals surface area (Å²) in [5, 5.41) is 13.3. The zero-order valence-electron chi connectivity index (χ0n) is 11.3. The van der Waals surface area contributed by atoms with E-state index in [2.05, 4.69) is 5.32 Å². The molecule has 104 valence electrons. The van der Waals surface area contributed by atoms with Crippen LogP contribution in [0.5, 0.6) is 0 Å². The van der Waals surface area contributed by atoms with E-state index < -0.39 is 5.97 Å². The Morgan fingerprint density at radius 1 is 1.42 bits per heavy atom. The summed E-state index contributed by atoms with van der Waals surface area (Å²) in [6.07, 6.45) is 2.64. The molecule has 1 aromatic rings. The van der Waals surface area contributed by atoms with Crippen molar-refractivity contribution in [3.05, 3.63) is 28.0 Å². The van der Waals surface area contributed by atoms with Crippen LogP contribution in [-0.4, -0.2) is 17.0 Å². The van der Waals surface area contributed by atoms with Crippen molar-refractivity contribution in [2.75, 3.05) is 0 Å². The van der Waals surface area contributed by atoms with Gasteiger partial charge in [0.2, 0.25) is 5.91 Å². The lowest BCUT2D eigenvalue weighted by Gasteiger charge is -2.14. The third-order valence-electron chi connectivity index (χ3n) is 2.94. The number of hydrogen-bond donors (Lipinski definition) is 2. The molecule has 19 heavy (non-hydrogen) atoms. The van der Waals surface area contributed by atoms with Gasteiger partial charge in [-0.05, 0) is 29.0 Å². The number of aliphatic carboxylic acids is 1. The third-order valence-corrected chi connectivity index (χ3v) is 3.90. The zero-order valence-corrected chi connectivity index (χ0v) is 12.2. The molecular weight excluding hydrogens is 262 g/mol. The van der Waals surface area contributed by atoms with Crippen molar-refractivity contribution in [3.63, 3.8) is 0 Å². The van der Waals surface area contributed by atoms with Crippen molar-refractivity contribution in [3.8, 4) is 0 Å². The Kier molecular flexibility index (Phi) is 5.76. The highest BCUT2D eigenvalue weighted by molar-refractivity contribution is 7.10. The van der Waals surface area contributed by atoms with Crippen molar-refractivity contribution >= 4 is 29.3 Å². The van der Waals surface area contributed by atoms with E-state index in [1.807, 2.05) is 32.2 Å². The summed E-state index contributed by atoms with van der Waals surface area (Å²) in [5.41, 5.74) is 0.841. The molecule has 5 heteroatoms. The van der Waals surface area contributed by atoms with Gasteiger partial charge in [0.15, 0.2) is 0 Å². The second-order valence-electron chi connectivity index (χ2n) is 4.77. The maximum absolute atomic E-state index is 11.8. The monoisotopic (exact) mass is 281 g/mol. The summed E-state index contributed by atoms with van der Waals surface area (Å²) < 4.78 is 0. The Morgan fingerprint density at radius 3 is 2.68 bits per heavy atom. The van der Waals surface area contributed by atoms with Gasteiger partial charge in [-0.2, -0.15) is 0 Å². The molecule has 0 radical (unpaired) electrons. The van der Waals surface area contributed by atoms with E-state index in [0.717, 1.165) is 16.5 Å². The van der Waals surface area contributed by atoms with Gasteiger partial charge in [-0.25, -0.2) is 4.79 Å². The topological polar surface area (TPSA) is 66.4 Å². The Balaban J connectivity index is 2.51. The van der Waals surface area contributed by atoms with Crippen LogP contribution in [0.2, 0.25) is 0 Å². The number of amides is 1. The predicted octanol–water partition coefficient (Wildman–Crippen LogP) is 2.75. The van der Waals surface area contributed by atoms with Crippen LogP contribution in [0, 0.1) is 11.8 Å². The summed E-state index contributed by atoms with van der Waals surface area (Å²) in [7, 11) is 0. The van der Waals surface area contributed by atoms with Gasteiger partial charge in [-0.15, -0.1) is 11.3 Å². The Morgan fingerprint density at radius 2 is 2.11 bits per heavy atom. The summed E-state index contributed by atoms with van der Waals surface area (Å²) in [6.45, 7) is 6.44. The van der Waals surface area contributed by atoms with Crippen molar-refractivity contribution in [1.29, 1.82) is 0 Å². The maximum atomic E-state index is 11.8. The molecule has 0 aliphatic carbocycles. The molecule has 0 saturated heterocycles. The smallest absolute Gasteiger partial charge is 0.328 e. The minimum Gasteiger partial charge on any atom is -0.478 e. The minimum absolute atomic E-state index is 0.00802. The van der Waals surface area contributed by atoms with Crippen LogP contribution in [0.3, 0.4) is 0 Å². The summed E-state index contributed by atoms with van der Waals surface area (Å²) in [5.74, 6) is -0.610. The van der Waals surface area contributed by atoms with Crippen LogP contribution in [0.1, 0.15) is 31.2 Å². The molecule has 0 aliphatic rings. The van der Waals surface area contributed by atoms with E-state index >= 15 is 0 Å². The molecule has 1 heterocycles. The van der Waals surface area contributed by atoms with Crippen LogP contribution in [0.15, 0.2) is 17.5 Å². The average Bonchev–Trinajstić information content (AvgIpc) is 2.80. The highest BCUT2D eigenvalue weighted by atomic mass is 32.1. The number of carbonyl (C=O) groups excluding carboxylic acids is 1. The van der Waals surface area contributed by atoms with Gasteiger partial charge in [-0.1, -0.05) is 20.8 Å². The van der Waals surface area contributed by atoms with E-state index in [9.17, 15) is 9.59 Å². The second kappa shape index (κ2) is 7.09. The quantitative estimate of drug-likeness (QED) is 0.788. The first-order valence-electron chi connectivity index (χ1n) is 6.16. The molecule has 0 saturated carbocycles. The number of nitrogens with one attached hydrogen (secondary N) is 1. The van der Waals surface area contributed by atoms with Crippen molar-refractivity contribution in [2.24, 2.45) is 11.8 Å². The highest BCUT2D eigenvalue weighted by Gasteiger charge is 2.16. The van der Waals surface area contributed by atoms with Gasteiger partial charge in [0, 0.05) is 16.9 Å². The molecule has 0 fully saturated rings. The Bertz CT molecular complexity index is 477. The standard InChI is InChI=1S/C14H19NO3S/c1-9(2)10(3)14(18)15-7-12-6-11(8-19-12)4-5-13(16)17/h4-6,8-10H,7H2,1-3H3,(H,15,18)(H,16,17). The Hall–Kier alpha value is -1.62. The highest BCUT2D eigenvalue weighted by Crippen LogP contribution is 2.16. The normalized spacial score (nSPS) is 12.8. The number of thiophene rings is 1. The van der Waals surface area contributed by atoms with Gasteiger partial charge in [0.05, 0.1) is 6.54 Å². The first-order valence-corrected chi connectivity index (χ1v) is 7.04. The van der Waals surface area contributed by atoms with E-state index in [1.54, 1.807) is 6.08 Å². The van der Waals surface area contributed by atoms with Crippen LogP contribution < -0.4 is 5.32 Å². The second-order valence-corrected chi connectivity index (χ2v) is 5.76. The van der Waals surface area contributed by atoms with Gasteiger partial charge >= 0.3 is 5.97 Å². The molecule has 4 nitrogen and oxygen atoms in total. The molecule has 0 bridgehead atoms. The number of hydrogen-bond acceptors (Lipinski definition) is 3. The Labute approximate surface area is 117 Å². The first-order chi connectivity index (χ1) is 8.90. The lowest BCUT2D eigenvalue weighted by Crippen LogP contribution is -2.31. The number of carboxylic acids is 1. The van der Waals surface area contributed by atoms with E-state index in [0.29, 0.717) is 12.5 Å². The number of rotatable bonds is 6. The molecule has 0 aromatic carbocycles. The fourth-order valence-electron chi connectivity index (χ4n) is 1.38. The summed E-state index contributed by atoms with van der Waals surface area (Å²) >= 11 is 1.50. The molecular formula is C14H19NO3S. The summed E-state index contributed by atoms with van der Waals surface area (Å²) in [6, 6.07) is 1.88. The predicted molar refractivity (Wildman–Crippen MR) is 76.8 cm³/mol. The van der Waals surface area contributed by atoms with Crippen LogP contribution in [0.25, 0.3) is 6.08 Å². The third kappa shape index (κ3) is 5.26. The van der Waals surface area contributed by atoms with Crippen molar-refractivity contribution in [2.45, 2.75) is 27.3 Å². The minimum atomic E-state index is -0.966. The zero-order chi connectivity index (χ0) is 14.4. The van der Waals surface area contributed by atoms with Gasteiger partial charge in [-0.3, -0.25) is 4.79 Å². The molecule has 2 N–H and O–H groups in total. The summed E-state index contributed by atoms with van der Waals surface area (Å²) in [4.78, 5) is 23.2. The van der Waals surface area contributed by atoms with Gasteiger partial charge < -0.3 is 10.4 Å².